The normalized spacial score (nSPS) is 16.6. The number of nitrogens with one attached hydrogen (secondary N) is 4. The van der Waals surface area contributed by atoms with Crippen LogP contribution in [0.2, 0.25) is 0 Å². The van der Waals surface area contributed by atoms with Crippen molar-refractivity contribution >= 4 is 39.0 Å². The number of amides is 3. The van der Waals surface area contributed by atoms with Crippen LogP contribution in [-0.2, 0) is 21.4 Å². The van der Waals surface area contributed by atoms with Gasteiger partial charge < -0.3 is 20.7 Å². The molecule has 3 amide bonds. The number of carbonyl (C=O) groups is 2. The molecule has 1 fully saturated rings. The Bertz CT molecular complexity index is 1840. The van der Waals surface area contributed by atoms with E-state index in [0.717, 1.165) is 35.9 Å². The molecule has 1 aliphatic heterocycles. The molecule has 0 bridgehead atoms. The molecule has 0 spiro atoms. The first kappa shape index (κ1) is 33.4. The lowest BCUT2D eigenvalue weighted by atomic mass is 9.90. The first-order valence-electron chi connectivity index (χ1n) is 15.1. The van der Waals surface area contributed by atoms with Crippen molar-refractivity contribution in [3.63, 3.8) is 0 Å². The minimum Gasteiger partial charge on any atom is -0.439 e. The topological polar surface area (TPSA) is 142 Å². The second kappa shape index (κ2) is 14.6. The molecule has 5 rings (SSSR count). The van der Waals surface area contributed by atoms with Crippen molar-refractivity contribution in [3.8, 4) is 11.6 Å². The summed E-state index contributed by atoms with van der Waals surface area (Å²) in [4.78, 5) is 31.2. The third kappa shape index (κ3) is 9.74. The number of anilines is 3. The summed E-state index contributed by atoms with van der Waals surface area (Å²) in [6.45, 7) is 4.70. The lowest BCUT2D eigenvalue weighted by Crippen LogP contribution is -2.47. The average Bonchev–Trinajstić information content (AvgIpc) is 3.00. The molecule has 1 aromatic heterocycles. The number of hydrogen-bond donors (Lipinski definition) is 4. The number of nitrogens with zero attached hydrogens (tertiary/aromatic N) is 2. The minimum absolute atomic E-state index is 0.00431. The molecule has 0 aliphatic carbocycles. The predicted molar refractivity (Wildman–Crippen MR) is 179 cm³/mol. The Morgan fingerprint density at radius 3 is 2.45 bits per heavy atom. The first-order chi connectivity index (χ1) is 22.4. The van der Waals surface area contributed by atoms with E-state index in [9.17, 15) is 22.4 Å². The van der Waals surface area contributed by atoms with Gasteiger partial charge in [-0.15, -0.1) is 0 Å². The van der Waals surface area contributed by atoms with Crippen LogP contribution in [0.4, 0.5) is 26.2 Å². The largest absolute Gasteiger partial charge is 0.439 e. The highest BCUT2D eigenvalue weighted by Crippen LogP contribution is 2.33. The van der Waals surface area contributed by atoms with Crippen LogP contribution < -0.4 is 25.4 Å². The van der Waals surface area contributed by atoms with Crippen LogP contribution in [0.15, 0.2) is 85.1 Å². The van der Waals surface area contributed by atoms with Gasteiger partial charge in [0.15, 0.2) is 0 Å². The molecule has 2 heterocycles. The molecule has 2 unspecified atom stereocenters. The summed E-state index contributed by atoms with van der Waals surface area (Å²) >= 11 is 0. The van der Waals surface area contributed by atoms with E-state index in [1.54, 1.807) is 36.5 Å². The van der Waals surface area contributed by atoms with E-state index >= 15 is 0 Å². The third-order valence-electron chi connectivity index (χ3n) is 7.57. The standard InChI is InChI=1S/C34H37FN6O5S/c1-22-5-4-6-25(17-22)32-19-28(39-34(43)38-27-10-13-30(35)31(18-27)37-23(2)42)15-16-41(32)21-24-7-14-33(36-20-24)46-29-11-8-26(9-12-29)40-47(3,44)45/h4-14,17-18,20,28,32,40H,15-16,19,21H2,1-3H3,(H,37,42)(H2,38,39,43). The van der Waals surface area contributed by atoms with Crippen molar-refractivity contribution in [2.75, 3.05) is 28.2 Å². The number of carbonyl (C=O) groups excluding carboxylic acids is 2. The van der Waals surface area contributed by atoms with Gasteiger partial charge in [0.2, 0.25) is 21.8 Å². The summed E-state index contributed by atoms with van der Waals surface area (Å²) in [5, 5.41) is 8.24. The van der Waals surface area contributed by atoms with E-state index < -0.39 is 27.8 Å². The van der Waals surface area contributed by atoms with Gasteiger partial charge in [-0.05, 0) is 73.4 Å². The molecular formula is C34H37FN6O5S. The van der Waals surface area contributed by atoms with E-state index in [2.05, 4.69) is 55.7 Å². The fourth-order valence-corrected chi connectivity index (χ4v) is 6.09. The molecule has 2 atom stereocenters. The summed E-state index contributed by atoms with van der Waals surface area (Å²) in [6.07, 6.45) is 4.26. The van der Waals surface area contributed by atoms with Gasteiger partial charge in [0.1, 0.15) is 11.6 Å². The maximum absolute atomic E-state index is 14.1. The number of urea groups is 1. The van der Waals surface area contributed by atoms with Gasteiger partial charge in [0.05, 0.1) is 11.9 Å². The second-order valence-corrected chi connectivity index (χ2v) is 13.3. The lowest BCUT2D eigenvalue weighted by molar-refractivity contribution is -0.114. The van der Waals surface area contributed by atoms with Gasteiger partial charge in [-0.1, -0.05) is 35.9 Å². The monoisotopic (exact) mass is 660 g/mol. The number of hydrogen-bond acceptors (Lipinski definition) is 7. The van der Waals surface area contributed by atoms with Crippen molar-refractivity contribution in [2.45, 2.75) is 45.3 Å². The molecular weight excluding hydrogens is 623 g/mol. The lowest BCUT2D eigenvalue weighted by Gasteiger charge is -2.40. The number of pyridine rings is 1. The number of aromatic nitrogens is 1. The zero-order valence-electron chi connectivity index (χ0n) is 26.3. The summed E-state index contributed by atoms with van der Waals surface area (Å²) in [6, 6.07) is 22.2. The summed E-state index contributed by atoms with van der Waals surface area (Å²) < 4.78 is 45.2. The van der Waals surface area contributed by atoms with Crippen molar-refractivity contribution in [3.05, 3.63) is 108 Å². The van der Waals surface area contributed by atoms with E-state index in [-0.39, 0.29) is 17.8 Å². The summed E-state index contributed by atoms with van der Waals surface area (Å²) in [5.41, 5.74) is 4.09. The van der Waals surface area contributed by atoms with Gasteiger partial charge in [0, 0.05) is 55.7 Å². The van der Waals surface area contributed by atoms with Crippen LogP contribution in [-0.4, -0.2) is 49.1 Å². The average molecular weight is 661 g/mol. The highest BCUT2D eigenvalue weighted by atomic mass is 32.2. The molecule has 47 heavy (non-hydrogen) atoms. The number of rotatable bonds is 10. The van der Waals surface area contributed by atoms with E-state index in [1.165, 1.54) is 25.1 Å². The van der Waals surface area contributed by atoms with Crippen molar-refractivity contribution in [2.24, 2.45) is 0 Å². The number of halogens is 1. The zero-order chi connectivity index (χ0) is 33.6. The Balaban J connectivity index is 1.22. The van der Waals surface area contributed by atoms with Crippen molar-refractivity contribution in [1.29, 1.82) is 0 Å². The first-order valence-corrected chi connectivity index (χ1v) is 17.0. The maximum Gasteiger partial charge on any atom is 0.319 e. The van der Waals surface area contributed by atoms with Gasteiger partial charge in [-0.2, -0.15) is 0 Å². The van der Waals surface area contributed by atoms with Crippen LogP contribution in [0.25, 0.3) is 0 Å². The predicted octanol–water partition coefficient (Wildman–Crippen LogP) is 6.18. The Morgan fingerprint density at radius 1 is 1.00 bits per heavy atom. The maximum atomic E-state index is 14.1. The molecule has 246 valence electrons. The highest BCUT2D eigenvalue weighted by Gasteiger charge is 2.31. The SMILES string of the molecule is CC(=O)Nc1cc(NC(=O)NC2CCN(Cc3ccc(Oc4ccc(NS(C)(=O)=O)cc4)nc3)C(c3cccc(C)c3)C2)ccc1F. The van der Waals surface area contributed by atoms with Crippen molar-refractivity contribution in [1.82, 2.24) is 15.2 Å². The number of sulfonamides is 1. The minimum atomic E-state index is -3.37. The van der Waals surface area contributed by atoms with Gasteiger partial charge >= 0.3 is 6.03 Å². The molecule has 4 aromatic rings. The van der Waals surface area contributed by atoms with Crippen LogP contribution >= 0.6 is 0 Å². The number of piperidine rings is 1. The van der Waals surface area contributed by atoms with Crippen LogP contribution in [0.3, 0.4) is 0 Å². The number of ether oxygens (including phenoxy) is 1. The highest BCUT2D eigenvalue weighted by molar-refractivity contribution is 7.92. The number of benzene rings is 3. The quantitative estimate of drug-likeness (QED) is 0.159. The molecule has 3 aromatic carbocycles. The summed E-state index contributed by atoms with van der Waals surface area (Å²) in [5.74, 6) is -0.0665. The Kier molecular flexibility index (Phi) is 10.4. The third-order valence-corrected chi connectivity index (χ3v) is 8.18. The number of aryl methyl sites for hydroxylation is 1. The van der Waals surface area contributed by atoms with Gasteiger partial charge in [-0.3, -0.25) is 14.4 Å². The Labute approximate surface area is 273 Å². The van der Waals surface area contributed by atoms with Gasteiger partial charge in [-0.25, -0.2) is 22.6 Å². The fourth-order valence-electron chi connectivity index (χ4n) is 5.52. The molecule has 1 saturated heterocycles. The Morgan fingerprint density at radius 2 is 1.77 bits per heavy atom. The van der Waals surface area contributed by atoms with Crippen LogP contribution in [0, 0.1) is 12.7 Å². The smallest absolute Gasteiger partial charge is 0.319 e. The molecule has 4 N–H and O–H groups in total. The van der Waals surface area contributed by atoms with Crippen LogP contribution in [0.1, 0.15) is 42.5 Å². The molecule has 0 saturated carbocycles. The van der Waals surface area contributed by atoms with E-state index in [1.807, 2.05) is 12.1 Å². The summed E-state index contributed by atoms with van der Waals surface area (Å²) in [7, 11) is -3.37. The van der Waals surface area contributed by atoms with Crippen molar-refractivity contribution < 1.29 is 27.1 Å². The fraction of sp³-hybridized carbons (Fsp3) is 0.265. The van der Waals surface area contributed by atoms with E-state index in [4.69, 9.17) is 4.74 Å². The number of likely N-dealkylation sites (tertiary alicyclic amines) is 1. The molecule has 11 nitrogen and oxygen atoms in total. The molecule has 1 aliphatic rings. The van der Waals surface area contributed by atoms with E-state index in [0.29, 0.717) is 36.0 Å². The van der Waals surface area contributed by atoms with Crippen LogP contribution in [0.5, 0.6) is 11.6 Å². The molecule has 0 radical (unpaired) electrons. The zero-order valence-corrected chi connectivity index (χ0v) is 27.1. The van der Waals surface area contributed by atoms with Gasteiger partial charge in [0.25, 0.3) is 0 Å². The second-order valence-electron chi connectivity index (χ2n) is 11.6. The Hall–Kier alpha value is -5.01. The molecule has 13 heteroatoms.